The average Bonchev–Trinajstić information content (AvgIpc) is 2.70. The summed E-state index contributed by atoms with van der Waals surface area (Å²) in [4.78, 5) is 11.8. The van der Waals surface area contributed by atoms with Gasteiger partial charge in [-0.15, -0.1) is 11.8 Å². The van der Waals surface area contributed by atoms with Crippen molar-refractivity contribution in [3.8, 4) is 0 Å². The SMILES string of the molecule is O=C1CCS[C@@H]2[C@H]1SCCC21OCCO1. The van der Waals surface area contributed by atoms with Gasteiger partial charge in [-0.2, -0.15) is 11.8 Å². The van der Waals surface area contributed by atoms with Gasteiger partial charge in [0.15, 0.2) is 5.79 Å². The van der Waals surface area contributed by atoms with Crippen LogP contribution in [0.5, 0.6) is 0 Å². The Morgan fingerprint density at radius 3 is 2.80 bits per heavy atom. The maximum atomic E-state index is 11.8. The lowest BCUT2D eigenvalue weighted by atomic mass is 10.0. The van der Waals surface area contributed by atoms with Gasteiger partial charge >= 0.3 is 0 Å². The summed E-state index contributed by atoms with van der Waals surface area (Å²) < 4.78 is 11.6. The standard InChI is InChI=1S/C10H14O3S2/c11-7-1-5-15-9-8(7)14-6-2-10(9)12-3-4-13-10/h8-9H,1-6H2/t8-,9+/m0/s1. The van der Waals surface area contributed by atoms with Crippen LogP contribution in [0.2, 0.25) is 0 Å². The van der Waals surface area contributed by atoms with E-state index in [2.05, 4.69) is 0 Å². The van der Waals surface area contributed by atoms with Gasteiger partial charge in [0.05, 0.1) is 23.7 Å². The third-order valence-corrected chi connectivity index (χ3v) is 6.13. The zero-order valence-electron chi connectivity index (χ0n) is 8.44. The zero-order valence-corrected chi connectivity index (χ0v) is 10.1. The highest BCUT2D eigenvalue weighted by molar-refractivity contribution is 8.04. The second-order valence-corrected chi connectivity index (χ2v) is 6.56. The molecule has 0 aliphatic carbocycles. The van der Waals surface area contributed by atoms with Crippen LogP contribution < -0.4 is 0 Å². The van der Waals surface area contributed by atoms with E-state index < -0.39 is 5.79 Å². The minimum absolute atomic E-state index is 0.107. The molecule has 0 N–H and O–H groups in total. The van der Waals surface area contributed by atoms with Crippen molar-refractivity contribution in [1.82, 2.24) is 0 Å². The van der Waals surface area contributed by atoms with Crippen molar-refractivity contribution >= 4 is 29.3 Å². The number of hydrogen-bond acceptors (Lipinski definition) is 5. The van der Waals surface area contributed by atoms with Crippen LogP contribution in [0.15, 0.2) is 0 Å². The summed E-state index contributed by atoms with van der Waals surface area (Å²) in [5.74, 6) is 1.86. The number of hydrogen-bond donors (Lipinski definition) is 0. The minimum Gasteiger partial charge on any atom is -0.346 e. The Bertz CT molecular complexity index is 276. The lowest BCUT2D eigenvalue weighted by Crippen LogP contribution is -2.54. The fourth-order valence-electron chi connectivity index (χ4n) is 2.47. The molecular weight excluding hydrogens is 232 g/mol. The van der Waals surface area contributed by atoms with E-state index in [9.17, 15) is 4.79 Å². The molecule has 84 valence electrons. The number of Topliss-reactive ketones (excluding diaryl/α,β-unsaturated/α-hetero) is 1. The van der Waals surface area contributed by atoms with E-state index in [1.165, 1.54) is 0 Å². The van der Waals surface area contributed by atoms with Gasteiger partial charge in [0.25, 0.3) is 0 Å². The summed E-state index contributed by atoms with van der Waals surface area (Å²) >= 11 is 3.64. The molecule has 0 radical (unpaired) electrons. The number of ether oxygens (including phenoxy) is 2. The van der Waals surface area contributed by atoms with Crippen LogP contribution in [0.4, 0.5) is 0 Å². The molecule has 3 heterocycles. The number of carbonyl (C=O) groups excluding carboxylic acids is 1. The lowest BCUT2D eigenvalue weighted by molar-refractivity contribution is -0.162. The molecule has 0 saturated carbocycles. The van der Waals surface area contributed by atoms with Crippen molar-refractivity contribution in [2.24, 2.45) is 0 Å². The Morgan fingerprint density at radius 2 is 2.00 bits per heavy atom. The third-order valence-electron chi connectivity index (χ3n) is 3.20. The van der Waals surface area contributed by atoms with Gasteiger partial charge in [0, 0.05) is 18.6 Å². The van der Waals surface area contributed by atoms with E-state index in [0.717, 1.165) is 24.3 Å². The Morgan fingerprint density at radius 1 is 1.20 bits per heavy atom. The monoisotopic (exact) mass is 246 g/mol. The van der Waals surface area contributed by atoms with E-state index >= 15 is 0 Å². The molecule has 15 heavy (non-hydrogen) atoms. The smallest absolute Gasteiger partial charge is 0.182 e. The molecule has 0 aromatic rings. The normalized spacial score (nSPS) is 39.3. The van der Waals surface area contributed by atoms with E-state index in [4.69, 9.17) is 9.47 Å². The molecule has 3 rings (SSSR count). The Balaban J connectivity index is 1.87. The first kappa shape index (κ1) is 10.4. The Labute approximate surface area is 97.6 Å². The van der Waals surface area contributed by atoms with Crippen molar-refractivity contribution in [3.05, 3.63) is 0 Å². The van der Waals surface area contributed by atoms with Gasteiger partial charge in [0.1, 0.15) is 5.78 Å². The van der Waals surface area contributed by atoms with Gasteiger partial charge < -0.3 is 9.47 Å². The average molecular weight is 246 g/mol. The summed E-state index contributed by atoms with van der Waals surface area (Å²) in [5.41, 5.74) is 0. The minimum atomic E-state index is -0.434. The molecule has 0 bridgehead atoms. The van der Waals surface area contributed by atoms with Crippen molar-refractivity contribution in [2.45, 2.75) is 29.1 Å². The second kappa shape index (κ2) is 3.95. The number of ketones is 1. The molecule has 1 spiro atoms. The molecule has 3 nitrogen and oxygen atoms in total. The van der Waals surface area contributed by atoms with E-state index in [1.807, 2.05) is 11.8 Å². The quantitative estimate of drug-likeness (QED) is 0.644. The Hall–Kier alpha value is 0.290. The highest BCUT2D eigenvalue weighted by Gasteiger charge is 2.53. The molecule has 3 saturated heterocycles. The summed E-state index contributed by atoms with van der Waals surface area (Å²) in [6.45, 7) is 1.37. The summed E-state index contributed by atoms with van der Waals surface area (Å²) in [7, 11) is 0. The molecule has 0 aromatic heterocycles. The van der Waals surface area contributed by atoms with Crippen molar-refractivity contribution in [3.63, 3.8) is 0 Å². The Kier molecular flexibility index (Phi) is 2.75. The van der Waals surface area contributed by atoms with Crippen molar-refractivity contribution < 1.29 is 14.3 Å². The first-order chi connectivity index (χ1) is 7.32. The molecular formula is C10H14O3S2. The van der Waals surface area contributed by atoms with Gasteiger partial charge in [-0.05, 0) is 5.75 Å². The highest BCUT2D eigenvalue weighted by Crippen LogP contribution is 2.47. The zero-order chi connectivity index (χ0) is 10.3. The fraction of sp³-hybridized carbons (Fsp3) is 0.900. The topological polar surface area (TPSA) is 35.5 Å². The first-order valence-corrected chi connectivity index (χ1v) is 7.45. The number of fused-ring (bicyclic) bond motifs is 2. The highest BCUT2D eigenvalue weighted by atomic mass is 32.2. The fourth-order valence-corrected chi connectivity index (χ4v) is 5.69. The molecule has 3 fully saturated rings. The third kappa shape index (κ3) is 1.64. The summed E-state index contributed by atoms with van der Waals surface area (Å²) in [5, 5.41) is 0.329. The van der Waals surface area contributed by atoms with Crippen LogP contribution in [-0.2, 0) is 14.3 Å². The van der Waals surface area contributed by atoms with E-state index in [-0.39, 0.29) is 10.5 Å². The number of rotatable bonds is 0. The van der Waals surface area contributed by atoms with Gasteiger partial charge in [-0.1, -0.05) is 0 Å². The number of carbonyl (C=O) groups is 1. The first-order valence-electron chi connectivity index (χ1n) is 5.36. The van der Waals surface area contributed by atoms with Gasteiger partial charge in [-0.25, -0.2) is 0 Å². The maximum Gasteiger partial charge on any atom is 0.182 e. The van der Waals surface area contributed by atoms with Gasteiger partial charge in [-0.3, -0.25) is 4.79 Å². The van der Waals surface area contributed by atoms with Crippen LogP contribution in [0.3, 0.4) is 0 Å². The van der Waals surface area contributed by atoms with Crippen LogP contribution in [0.1, 0.15) is 12.8 Å². The van der Waals surface area contributed by atoms with E-state index in [1.54, 1.807) is 11.8 Å². The van der Waals surface area contributed by atoms with Crippen molar-refractivity contribution in [1.29, 1.82) is 0 Å². The molecule has 0 unspecified atom stereocenters. The van der Waals surface area contributed by atoms with E-state index in [0.29, 0.717) is 19.0 Å². The van der Waals surface area contributed by atoms with Crippen LogP contribution in [0.25, 0.3) is 0 Å². The van der Waals surface area contributed by atoms with Crippen LogP contribution >= 0.6 is 23.5 Å². The largest absolute Gasteiger partial charge is 0.346 e. The number of thioether (sulfide) groups is 2. The molecule has 0 aromatic carbocycles. The van der Waals surface area contributed by atoms with Gasteiger partial charge in [0.2, 0.25) is 0 Å². The molecule has 3 aliphatic heterocycles. The molecule has 2 atom stereocenters. The van der Waals surface area contributed by atoms with Crippen LogP contribution in [0, 0.1) is 0 Å². The predicted octanol–water partition coefficient (Wildman–Crippen LogP) is 1.31. The molecule has 5 heteroatoms. The second-order valence-electron chi connectivity index (χ2n) is 4.06. The summed E-state index contributed by atoms with van der Waals surface area (Å²) in [6, 6.07) is 0. The molecule has 3 aliphatic rings. The summed E-state index contributed by atoms with van der Waals surface area (Å²) in [6.07, 6.45) is 1.65. The van der Waals surface area contributed by atoms with Crippen LogP contribution in [-0.4, -0.2) is 46.8 Å². The maximum absolute atomic E-state index is 11.8. The lowest BCUT2D eigenvalue weighted by Gasteiger charge is -2.44. The predicted molar refractivity (Wildman–Crippen MR) is 61.4 cm³/mol. The molecule has 0 amide bonds. The van der Waals surface area contributed by atoms with Crippen molar-refractivity contribution in [2.75, 3.05) is 24.7 Å².